The molecule has 0 fully saturated rings. The van der Waals surface area contributed by atoms with Gasteiger partial charge in [-0.2, -0.15) is 4.98 Å². The first-order chi connectivity index (χ1) is 15.9. The van der Waals surface area contributed by atoms with E-state index in [1.54, 1.807) is 0 Å². The maximum absolute atomic E-state index is 11.8. The van der Waals surface area contributed by atoms with Crippen LogP contribution in [-0.2, 0) is 34.7 Å². The highest BCUT2D eigenvalue weighted by atomic mass is 35.5. The summed E-state index contributed by atoms with van der Waals surface area (Å²) in [5.41, 5.74) is 2.51. The van der Waals surface area contributed by atoms with Crippen molar-refractivity contribution in [3.8, 4) is 5.88 Å². The molecule has 0 saturated carbocycles. The number of ether oxygens (including phenoxy) is 3. The van der Waals surface area contributed by atoms with Gasteiger partial charge < -0.3 is 23.0 Å². The summed E-state index contributed by atoms with van der Waals surface area (Å²) in [7, 11) is 0. The smallest absolute Gasteiger partial charge is 0.440 e. The molecule has 3 aromatic rings. The second-order valence-electron chi connectivity index (χ2n) is 6.84. The summed E-state index contributed by atoms with van der Waals surface area (Å²) in [5, 5.41) is 1.41. The molecule has 10 nitrogen and oxygen atoms in total. The molecule has 3 heterocycles. The Labute approximate surface area is 201 Å². The van der Waals surface area contributed by atoms with Crippen LogP contribution in [0.1, 0.15) is 34.8 Å². The molecule has 0 saturated heterocycles. The van der Waals surface area contributed by atoms with Crippen molar-refractivity contribution in [2.45, 2.75) is 43.7 Å². The van der Waals surface area contributed by atoms with Crippen LogP contribution in [0.4, 0.5) is 4.79 Å². The van der Waals surface area contributed by atoms with E-state index in [1.807, 2.05) is 0 Å². The van der Waals surface area contributed by atoms with Gasteiger partial charge in [0.25, 0.3) is 0 Å². The molecule has 33 heavy (non-hydrogen) atoms. The van der Waals surface area contributed by atoms with Crippen LogP contribution >= 0.6 is 35.0 Å². The standard InChI is InChI=1S/C20H17Cl2N3O7S/c1-10-16(32-20(27)31-10)7-28-19(26)30-9-29-17-11-3-2-4-15(11)24-18(25-17)33-8-12-13(21)5-23-6-14(12)22/h5-6H,2-4,7-9H2,1H3. The van der Waals surface area contributed by atoms with Crippen LogP contribution in [0.25, 0.3) is 0 Å². The van der Waals surface area contributed by atoms with Crippen molar-refractivity contribution >= 4 is 41.1 Å². The average Bonchev–Trinajstić information content (AvgIpc) is 3.37. The third-order valence-corrected chi connectivity index (χ3v) is 6.23. The van der Waals surface area contributed by atoms with Crippen molar-refractivity contribution in [2.75, 3.05) is 6.79 Å². The molecule has 0 aliphatic heterocycles. The van der Waals surface area contributed by atoms with Crippen LogP contribution in [0.3, 0.4) is 0 Å². The Morgan fingerprint density at radius 3 is 2.67 bits per heavy atom. The number of hydrogen-bond donors (Lipinski definition) is 0. The lowest BCUT2D eigenvalue weighted by Crippen LogP contribution is -2.14. The number of fused-ring (bicyclic) bond motifs is 1. The predicted octanol–water partition coefficient (Wildman–Crippen LogP) is 4.50. The zero-order chi connectivity index (χ0) is 23.4. The molecular weight excluding hydrogens is 497 g/mol. The van der Waals surface area contributed by atoms with Crippen molar-refractivity contribution in [3.05, 3.63) is 61.4 Å². The zero-order valence-corrected chi connectivity index (χ0v) is 19.6. The maximum atomic E-state index is 11.8. The zero-order valence-electron chi connectivity index (χ0n) is 17.3. The van der Waals surface area contributed by atoms with E-state index in [0.29, 0.717) is 26.8 Å². The van der Waals surface area contributed by atoms with E-state index >= 15 is 0 Å². The topological polar surface area (TPSA) is 127 Å². The van der Waals surface area contributed by atoms with Crippen LogP contribution in [0.5, 0.6) is 5.88 Å². The van der Waals surface area contributed by atoms with Gasteiger partial charge in [-0.15, -0.1) is 0 Å². The van der Waals surface area contributed by atoms with Gasteiger partial charge in [0, 0.05) is 29.3 Å². The first kappa shape index (κ1) is 23.4. The number of pyridine rings is 1. The van der Waals surface area contributed by atoms with Crippen molar-refractivity contribution in [2.24, 2.45) is 0 Å². The molecule has 13 heteroatoms. The van der Waals surface area contributed by atoms with Gasteiger partial charge in [-0.1, -0.05) is 35.0 Å². The summed E-state index contributed by atoms with van der Waals surface area (Å²) in [5.74, 6) is 0.242. The summed E-state index contributed by atoms with van der Waals surface area (Å²) < 4.78 is 24.8. The highest BCUT2D eigenvalue weighted by Crippen LogP contribution is 2.33. The molecule has 174 valence electrons. The van der Waals surface area contributed by atoms with Crippen LogP contribution in [-0.4, -0.2) is 27.9 Å². The fraction of sp³-hybridized carbons (Fsp3) is 0.350. The lowest BCUT2D eigenvalue weighted by Gasteiger charge is -2.12. The molecule has 0 radical (unpaired) electrons. The lowest BCUT2D eigenvalue weighted by atomic mass is 10.2. The molecule has 4 rings (SSSR count). The van der Waals surface area contributed by atoms with E-state index in [9.17, 15) is 9.59 Å². The number of carbonyl (C=O) groups is 1. The number of aryl methyl sites for hydroxylation is 2. The Morgan fingerprint density at radius 1 is 1.15 bits per heavy atom. The van der Waals surface area contributed by atoms with Gasteiger partial charge in [0.15, 0.2) is 23.3 Å². The van der Waals surface area contributed by atoms with Gasteiger partial charge in [0.2, 0.25) is 12.7 Å². The second-order valence-corrected chi connectivity index (χ2v) is 8.60. The predicted molar refractivity (Wildman–Crippen MR) is 117 cm³/mol. The highest BCUT2D eigenvalue weighted by Gasteiger charge is 2.22. The van der Waals surface area contributed by atoms with Crippen molar-refractivity contribution in [1.82, 2.24) is 15.0 Å². The number of thioether (sulfide) groups is 1. The van der Waals surface area contributed by atoms with Gasteiger partial charge in [0.05, 0.1) is 15.7 Å². The monoisotopic (exact) mass is 513 g/mol. The van der Waals surface area contributed by atoms with Gasteiger partial charge in [0.1, 0.15) is 0 Å². The first-order valence-electron chi connectivity index (χ1n) is 9.73. The largest absolute Gasteiger partial charge is 0.519 e. The molecule has 0 N–H and O–H groups in total. The minimum Gasteiger partial charge on any atom is -0.440 e. The lowest BCUT2D eigenvalue weighted by molar-refractivity contribution is -0.00354. The van der Waals surface area contributed by atoms with Crippen LogP contribution < -0.4 is 10.6 Å². The van der Waals surface area contributed by atoms with Crippen molar-refractivity contribution < 1.29 is 27.8 Å². The Bertz CT molecular complexity index is 1210. The molecule has 0 aromatic carbocycles. The van der Waals surface area contributed by atoms with Crippen LogP contribution in [0, 0.1) is 6.92 Å². The van der Waals surface area contributed by atoms with Crippen LogP contribution in [0.2, 0.25) is 10.0 Å². The molecule has 1 aliphatic rings. The van der Waals surface area contributed by atoms with Gasteiger partial charge in [-0.25, -0.2) is 14.6 Å². The maximum Gasteiger partial charge on any atom is 0.519 e. The minimum atomic E-state index is -1.000. The molecule has 0 atom stereocenters. The summed E-state index contributed by atoms with van der Waals surface area (Å²) in [6, 6.07) is 0. The Balaban J connectivity index is 1.35. The Kier molecular flexibility index (Phi) is 7.41. The SMILES string of the molecule is Cc1oc(=O)oc1COC(=O)OCOc1nc(SCc2c(Cl)cncc2Cl)nc2c1CCC2. The normalized spacial score (nSPS) is 12.5. The molecule has 0 spiro atoms. The summed E-state index contributed by atoms with van der Waals surface area (Å²) in [6.07, 6.45) is 4.55. The molecule has 0 bridgehead atoms. The summed E-state index contributed by atoms with van der Waals surface area (Å²) in [6.45, 7) is 0.794. The number of nitrogens with zero attached hydrogens (tertiary/aromatic N) is 3. The second kappa shape index (κ2) is 10.4. The number of hydrogen-bond acceptors (Lipinski definition) is 11. The quantitative estimate of drug-likeness (QED) is 0.182. The average molecular weight is 514 g/mol. The molecule has 3 aromatic heterocycles. The van der Waals surface area contributed by atoms with E-state index in [2.05, 4.69) is 19.4 Å². The van der Waals surface area contributed by atoms with E-state index in [4.69, 9.17) is 41.8 Å². The van der Waals surface area contributed by atoms with Gasteiger partial charge >= 0.3 is 12.0 Å². The minimum absolute atomic E-state index is 0.0996. The molecule has 1 aliphatic carbocycles. The number of halogens is 2. The Morgan fingerprint density at radius 2 is 1.94 bits per heavy atom. The fourth-order valence-electron chi connectivity index (χ4n) is 3.08. The van der Waals surface area contributed by atoms with Crippen LogP contribution in [0.15, 0.2) is 31.2 Å². The third-order valence-electron chi connectivity index (χ3n) is 4.70. The number of aromatic nitrogens is 3. The van der Waals surface area contributed by atoms with E-state index in [1.165, 1.54) is 31.1 Å². The number of rotatable bonds is 8. The van der Waals surface area contributed by atoms with Gasteiger partial charge in [-0.05, 0) is 26.2 Å². The fourth-order valence-corrected chi connectivity index (χ4v) is 4.64. The summed E-state index contributed by atoms with van der Waals surface area (Å²) >= 11 is 13.7. The summed E-state index contributed by atoms with van der Waals surface area (Å²) in [4.78, 5) is 35.8. The van der Waals surface area contributed by atoms with E-state index in [-0.39, 0.29) is 18.1 Å². The third kappa shape index (κ3) is 5.79. The van der Waals surface area contributed by atoms with Gasteiger partial charge in [-0.3, -0.25) is 4.98 Å². The molecular formula is C20H17Cl2N3O7S. The van der Waals surface area contributed by atoms with E-state index < -0.39 is 18.8 Å². The molecule has 0 unspecified atom stereocenters. The highest BCUT2D eigenvalue weighted by molar-refractivity contribution is 7.98. The Hall–Kier alpha value is -2.76. The first-order valence-corrected chi connectivity index (χ1v) is 11.5. The van der Waals surface area contributed by atoms with Crippen molar-refractivity contribution in [3.63, 3.8) is 0 Å². The van der Waals surface area contributed by atoms with Crippen molar-refractivity contribution in [1.29, 1.82) is 0 Å². The number of carbonyl (C=O) groups excluding carboxylic acids is 1. The molecule has 0 amide bonds. The van der Waals surface area contributed by atoms with E-state index in [0.717, 1.165) is 36.1 Å².